The van der Waals surface area contributed by atoms with Crippen molar-refractivity contribution in [3.63, 3.8) is 0 Å². The van der Waals surface area contributed by atoms with Crippen molar-refractivity contribution in [2.75, 3.05) is 20.1 Å². The van der Waals surface area contributed by atoms with Crippen molar-refractivity contribution in [3.05, 3.63) is 0 Å². The summed E-state index contributed by atoms with van der Waals surface area (Å²) in [6.07, 6.45) is 7.00. The molecule has 100 valence electrons. The molecule has 2 aliphatic carbocycles. The lowest BCUT2D eigenvalue weighted by Gasteiger charge is -2.42. The van der Waals surface area contributed by atoms with E-state index in [1.165, 1.54) is 38.6 Å². The molecule has 0 aromatic heterocycles. The molecule has 2 heteroatoms. The SMILES string of the molecule is CCNC1CCC(C)(C)CC1CN(C)C1CC1. The van der Waals surface area contributed by atoms with E-state index in [1.807, 2.05) is 0 Å². The topological polar surface area (TPSA) is 15.3 Å². The predicted octanol–water partition coefficient (Wildman–Crippen LogP) is 2.89. The molecule has 2 fully saturated rings. The van der Waals surface area contributed by atoms with E-state index in [0.29, 0.717) is 5.41 Å². The van der Waals surface area contributed by atoms with Crippen LogP contribution in [0.5, 0.6) is 0 Å². The van der Waals surface area contributed by atoms with Crippen molar-refractivity contribution < 1.29 is 0 Å². The fourth-order valence-corrected chi connectivity index (χ4v) is 3.49. The number of nitrogens with one attached hydrogen (secondary N) is 1. The first-order valence-electron chi connectivity index (χ1n) is 7.45. The van der Waals surface area contributed by atoms with Crippen molar-refractivity contribution in [1.29, 1.82) is 0 Å². The van der Waals surface area contributed by atoms with Crippen LogP contribution in [0.1, 0.15) is 52.9 Å². The molecule has 17 heavy (non-hydrogen) atoms. The zero-order valence-corrected chi connectivity index (χ0v) is 12.1. The number of nitrogens with zero attached hydrogens (tertiary/aromatic N) is 1. The maximum absolute atomic E-state index is 3.71. The summed E-state index contributed by atoms with van der Waals surface area (Å²) in [6.45, 7) is 9.54. The fraction of sp³-hybridized carbons (Fsp3) is 1.00. The van der Waals surface area contributed by atoms with Crippen LogP contribution >= 0.6 is 0 Å². The molecule has 2 nitrogen and oxygen atoms in total. The monoisotopic (exact) mass is 238 g/mol. The van der Waals surface area contributed by atoms with Crippen LogP contribution in [0, 0.1) is 11.3 Å². The third-order valence-corrected chi connectivity index (χ3v) is 4.67. The Bertz CT molecular complexity index is 245. The number of rotatable bonds is 5. The van der Waals surface area contributed by atoms with Crippen LogP contribution in [-0.2, 0) is 0 Å². The van der Waals surface area contributed by atoms with Crippen molar-refractivity contribution >= 4 is 0 Å². The Morgan fingerprint density at radius 2 is 1.94 bits per heavy atom. The Kier molecular flexibility index (Phi) is 4.14. The molecule has 0 amide bonds. The maximum atomic E-state index is 3.71. The van der Waals surface area contributed by atoms with Gasteiger partial charge in [-0.05, 0) is 57.0 Å². The zero-order valence-electron chi connectivity index (χ0n) is 12.1. The van der Waals surface area contributed by atoms with Gasteiger partial charge in [-0.2, -0.15) is 0 Å². The van der Waals surface area contributed by atoms with E-state index < -0.39 is 0 Å². The fourth-order valence-electron chi connectivity index (χ4n) is 3.49. The van der Waals surface area contributed by atoms with Crippen LogP contribution in [0.4, 0.5) is 0 Å². The second kappa shape index (κ2) is 5.27. The van der Waals surface area contributed by atoms with Crippen LogP contribution < -0.4 is 5.32 Å². The first kappa shape index (κ1) is 13.4. The van der Waals surface area contributed by atoms with Crippen LogP contribution in [-0.4, -0.2) is 37.1 Å². The lowest BCUT2D eigenvalue weighted by molar-refractivity contribution is 0.107. The molecule has 0 saturated heterocycles. The van der Waals surface area contributed by atoms with Gasteiger partial charge in [-0.3, -0.25) is 0 Å². The quantitative estimate of drug-likeness (QED) is 0.792. The normalized spacial score (nSPS) is 33.0. The molecule has 0 aliphatic heterocycles. The highest BCUT2D eigenvalue weighted by Gasteiger charge is 2.36. The minimum absolute atomic E-state index is 0.557. The predicted molar refractivity (Wildman–Crippen MR) is 74.2 cm³/mol. The summed E-state index contributed by atoms with van der Waals surface area (Å²) >= 11 is 0. The van der Waals surface area contributed by atoms with E-state index in [2.05, 4.69) is 38.0 Å². The first-order valence-corrected chi connectivity index (χ1v) is 7.45. The largest absolute Gasteiger partial charge is 0.314 e. The third kappa shape index (κ3) is 3.69. The average molecular weight is 238 g/mol. The van der Waals surface area contributed by atoms with E-state index in [1.54, 1.807) is 0 Å². The van der Waals surface area contributed by atoms with Gasteiger partial charge in [0.1, 0.15) is 0 Å². The Balaban J connectivity index is 1.92. The second-order valence-electron chi connectivity index (χ2n) is 7.00. The average Bonchev–Trinajstić information content (AvgIpc) is 3.05. The lowest BCUT2D eigenvalue weighted by atomic mass is 9.69. The molecule has 0 radical (unpaired) electrons. The number of hydrogen-bond donors (Lipinski definition) is 1. The van der Waals surface area contributed by atoms with Crippen LogP contribution in [0.25, 0.3) is 0 Å². The van der Waals surface area contributed by atoms with Gasteiger partial charge < -0.3 is 10.2 Å². The van der Waals surface area contributed by atoms with E-state index in [4.69, 9.17) is 0 Å². The minimum atomic E-state index is 0.557. The molecule has 2 aliphatic rings. The van der Waals surface area contributed by atoms with Gasteiger partial charge >= 0.3 is 0 Å². The molecule has 1 N–H and O–H groups in total. The minimum Gasteiger partial charge on any atom is -0.314 e. The Labute approximate surface area is 107 Å². The van der Waals surface area contributed by atoms with Gasteiger partial charge in [0.25, 0.3) is 0 Å². The summed E-state index contributed by atoms with van der Waals surface area (Å²) in [7, 11) is 2.32. The van der Waals surface area contributed by atoms with Crippen molar-refractivity contribution in [2.45, 2.75) is 65.0 Å². The summed E-state index contributed by atoms with van der Waals surface area (Å²) < 4.78 is 0. The number of hydrogen-bond acceptors (Lipinski definition) is 2. The summed E-state index contributed by atoms with van der Waals surface area (Å²) in [5.41, 5.74) is 0.557. The van der Waals surface area contributed by atoms with Gasteiger partial charge in [0.05, 0.1) is 0 Å². The molecule has 0 spiro atoms. The van der Waals surface area contributed by atoms with Gasteiger partial charge in [0.15, 0.2) is 0 Å². The Morgan fingerprint density at radius 1 is 1.24 bits per heavy atom. The second-order valence-corrected chi connectivity index (χ2v) is 7.00. The smallest absolute Gasteiger partial charge is 0.0108 e. The Hall–Kier alpha value is -0.0800. The van der Waals surface area contributed by atoms with Crippen molar-refractivity contribution in [3.8, 4) is 0 Å². The molecule has 2 atom stereocenters. The van der Waals surface area contributed by atoms with Gasteiger partial charge in [0, 0.05) is 18.6 Å². The molecule has 2 unspecified atom stereocenters. The standard InChI is InChI=1S/C15H30N2/c1-5-16-14-8-9-15(2,3)10-12(14)11-17(4)13-6-7-13/h12-14,16H,5-11H2,1-4H3. The summed E-state index contributed by atoms with van der Waals surface area (Å²) in [6, 6.07) is 1.66. The molecular weight excluding hydrogens is 208 g/mol. The third-order valence-electron chi connectivity index (χ3n) is 4.67. The lowest BCUT2D eigenvalue weighted by Crippen LogP contribution is -2.47. The summed E-state index contributed by atoms with van der Waals surface area (Å²) in [5, 5.41) is 3.71. The highest BCUT2D eigenvalue weighted by atomic mass is 15.2. The van der Waals surface area contributed by atoms with E-state index in [-0.39, 0.29) is 0 Å². The first-order chi connectivity index (χ1) is 8.02. The maximum Gasteiger partial charge on any atom is 0.0108 e. The summed E-state index contributed by atoms with van der Waals surface area (Å²) in [4.78, 5) is 2.61. The molecule has 0 heterocycles. The van der Waals surface area contributed by atoms with Crippen LogP contribution in [0.3, 0.4) is 0 Å². The molecule has 0 bridgehead atoms. The van der Waals surface area contributed by atoms with Crippen molar-refractivity contribution in [1.82, 2.24) is 10.2 Å². The zero-order chi connectivity index (χ0) is 12.5. The summed E-state index contributed by atoms with van der Waals surface area (Å²) in [5.74, 6) is 0.851. The van der Waals surface area contributed by atoms with Gasteiger partial charge in [-0.25, -0.2) is 0 Å². The van der Waals surface area contributed by atoms with E-state index in [9.17, 15) is 0 Å². The highest BCUT2D eigenvalue weighted by molar-refractivity contribution is 4.92. The highest BCUT2D eigenvalue weighted by Crippen LogP contribution is 2.40. The van der Waals surface area contributed by atoms with Gasteiger partial charge in [-0.15, -0.1) is 0 Å². The molecule has 2 saturated carbocycles. The van der Waals surface area contributed by atoms with E-state index in [0.717, 1.165) is 24.5 Å². The van der Waals surface area contributed by atoms with Crippen LogP contribution in [0.15, 0.2) is 0 Å². The molecule has 0 aromatic carbocycles. The van der Waals surface area contributed by atoms with Gasteiger partial charge in [-0.1, -0.05) is 20.8 Å². The van der Waals surface area contributed by atoms with E-state index >= 15 is 0 Å². The van der Waals surface area contributed by atoms with Crippen LogP contribution in [0.2, 0.25) is 0 Å². The molecular formula is C15H30N2. The molecule has 0 aromatic rings. The van der Waals surface area contributed by atoms with Gasteiger partial charge in [0.2, 0.25) is 0 Å². The van der Waals surface area contributed by atoms with Crippen molar-refractivity contribution in [2.24, 2.45) is 11.3 Å². The molecule has 2 rings (SSSR count). The Morgan fingerprint density at radius 3 is 2.53 bits per heavy atom.